The lowest BCUT2D eigenvalue weighted by Crippen LogP contribution is -2.76. The first-order chi connectivity index (χ1) is 22.9. The molecule has 0 unspecified atom stereocenters. The van der Waals surface area contributed by atoms with E-state index in [4.69, 9.17) is 9.32 Å². The van der Waals surface area contributed by atoms with Gasteiger partial charge in [-0.3, -0.25) is 9.59 Å². The smallest absolute Gasteiger partial charge is 0.334 e. The van der Waals surface area contributed by atoms with Crippen molar-refractivity contribution in [3.05, 3.63) is 108 Å². The Labute approximate surface area is 291 Å². The number of nitrogens with zero attached hydrogens (tertiary/aromatic N) is 5. The van der Waals surface area contributed by atoms with Crippen molar-refractivity contribution in [2.75, 3.05) is 37.6 Å². The van der Waals surface area contributed by atoms with Crippen LogP contribution in [0.15, 0.2) is 91.5 Å². The van der Waals surface area contributed by atoms with Crippen LogP contribution < -0.4 is 19.5 Å². The number of nitrogens with one attached hydrogen (secondary N) is 1. The van der Waals surface area contributed by atoms with Crippen LogP contribution in [0.1, 0.15) is 29.5 Å². The molecule has 4 amide bonds. The van der Waals surface area contributed by atoms with Crippen LogP contribution in [0.2, 0.25) is 0 Å². The van der Waals surface area contributed by atoms with Gasteiger partial charge in [-0.05, 0) is 53.8 Å². The van der Waals surface area contributed by atoms with Crippen LogP contribution in [0.5, 0.6) is 5.75 Å². The molecule has 3 aromatic carbocycles. The number of fused-ring (bicyclic) bond motifs is 1. The summed E-state index contributed by atoms with van der Waals surface area (Å²) in [6.45, 7) is 7.01. The molecule has 262 valence electrons. The van der Waals surface area contributed by atoms with Crippen molar-refractivity contribution in [1.82, 2.24) is 25.1 Å². The molecule has 3 heterocycles. The van der Waals surface area contributed by atoms with Gasteiger partial charge < -0.3 is 35.2 Å². The first-order valence-electron chi connectivity index (χ1n) is 16.0. The van der Waals surface area contributed by atoms with E-state index in [9.17, 15) is 14.4 Å². The van der Waals surface area contributed by atoms with Gasteiger partial charge in [-0.15, -0.1) is 6.58 Å². The highest BCUT2D eigenvalue weighted by Gasteiger charge is 2.51. The maximum atomic E-state index is 14.4. The number of rotatable bonds is 11. The molecule has 49 heavy (non-hydrogen) atoms. The molecular weight excluding hydrogens is 646 g/mol. The van der Waals surface area contributed by atoms with E-state index < -0.39 is 12.2 Å². The molecule has 6 rings (SSSR count). The van der Waals surface area contributed by atoms with Gasteiger partial charge in [0.15, 0.2) is 0 Å². The molecule has 0 aliphatic carbocycles. The quantitative estimate of drug-likeness (QED) is 0.175. The summed E-state index contributed by atoms with van der Waals surface area (Å²) in [6.07, 6.45) is 3.58. The van der Waals surface area contributed by atoms with Gasteiger partial charge in [0.1, 0.15) is 30.2 Å². The molecule has 3 aliphatic rings. The Bertz CT molecular complexity index is 1570. The van der Waals surface area contributed by atoms with Crippen molar-refractivity contribution in [3.8, 4) is 5.75 Å². The molecule has 0 radical (unpaired) electrons. The highest BCUT2D eigenvalue weighted by atomic mass is 32.2. The van der Waals surface area contributed by atoms with E-state index in [1.807, 2.05) is 54.6 Å². The van der Waals surface area contributed by atoms with Gasteiger partial charge in [-0.1, -0.05) is 60.7 Å². The predicted octanol–water partition coefficient (Wildman–Crippen LogP) is 2.27. The second-order valence-electron chi connectivity index (χ2n) is 12.0. The van der Waals surface area contributed by atoms with E-state index in [1.165, 1.54) is 12.8 Å². The fourth-order valence-electron chi connectivity index (χ4n) is 6.71. The molecule has 0 saturated carbocycles. The van der Waals surface area contributed by atoms with Crippen molar-refractivity contribution in [2.24, 2.45) is 5.14 Å². The Hall–Kier alpha value is -4.60. The van der Waals surface area contributed by atoms with Gasteiger partial charge in [0.2, 0.25) is 11.8 Å². The number of nitrogens with two attached hydrogens (primary N) is 1. The number of benzene rings is 3. The molecule has 2 atom stereocenters. The summed E-state index contributed by atoms with van der Waals surface area (Å²) in [5.74, 6) is 0.224. The summed E-state index contributed by atoms with van der Waals surface area (Å²) in [7, 11) is 0. The van der Waals surface area contributed by atoms with Crippen molar-refractivity contribution in [2.45, 2.75) is 44.6 Å². The zero-order valence-corrected chi connectivity index (χ0v) is 28.2. The third kappa shape index (κ3) is 8.53. The predicted molar refractivity (Wildman–Crippen MR) is 190 cm³/mol. The Morgan fingerprint density at radius 1 is 0.959 bits per heavy atom. The second-order valence-corrected chi connectivity index (χ2v) is 12.4. The lowest BCUT2D eigenvalue weighted by Gasteiger charge is -2.55. The van der Waals surface area contributed by atoms with Crippen LogP contribution in [0.25, 0.3) is 0 Å². The number of anilines is 1. The molecule has 0 spiro atoms. The Kier molecular flexibility index (Phi) is 13.0. The molecular formula is C35H45N7O6S. The van der Waals surface area contributed by atoms with Gasteiger partial charge in [0, 0.05) is 44.8 Å². The molecule has 0 aromatic heterocycles. The largest absolute Gasteiger partial charge is 0.412 e. The minimum atomic E-state index is -0.811. The zero-order chi connectivity index (χ0) is 32.8. The first kappa shape index (κ1) is 37.2. The number of hydrazine groups is 1. The Balaban J connectivity index is 0.00000270. The van der Waals surface area contributed by atoms with Crippen LogP contribution in [0.4, 0.5) is 10.5 Å². The summed E-state index contributed by atoms with van der Waals surface area (Å²) in [5, 5.41) is 11.8. The van der Waals surface area contributed by atoms with E-state index >= 15 is 0 Å². The molecule has 7 N–H and O–H groups in total. The van der Waals surface area contributed by atoms with Crippen LogP contribution in [-0.2, 0) is 29.1 Å². The second kappa shape index (κ2) is 17.2. The molecule has 0 bridgehead atoms. The number of hydrogen-bond acceptors (Lipinski definition) is 8. The van der Waals surface area contributed by atoms with Gasteiger partial charge in [0.05, 0.1) is 13.1 Å². The molecule has 3 aliphatic heterocycles. The first-order valence-corrected chi connectivity index (χ1v) is 16.8. The normalized spacial score (nSPS) is 19.1. The summed E-state index contributed by atoms with van der Waals surface area (Å²) in [4.78, 5) is 48.0. The van der Waals surface area contributed by atoms with Crippen LogP contribution in [0, 0.1) is 0 Å². The fraction of sp³-hybridized carbons (Fsp3) is 0.343. The fourth-order valence-corrected chi connectivity index (χ4v) is 6.93. The third-order valence-corrected chi connectivity index (χ3v) is 9.21. The molecule has 3 aromatic rings. The maximum absolute atomic E-state index is 14.4. The van der Waals surface area contributed by atoms with Gasteiger partial charge in [0.25, 0.3) is 0 Å². The van der Waals surface area contributed by atoms with Crippen LogP contribution >= 0.6 is 12.2 Å². The maximum Gasteiger partial charge on any atom is 0.334 e. The van der Waals surface area contributed by atoms with E-state index in [0.717, 1.165) is 47.7 Å². The van der Waals surface area contributed by atoms with Crippen LogP contribution in [-0.4, -0.2) is 93.5 Å². The minimum absolute atomic E-state index is 0. The van der Waals surface area contributed by atoms with Gasteiger partial charge in [-0.25, -0.2) is 20.0 Å². The summed E-state index contributed by atoms with van der Waals surface area (Å²) < 4.78 is 5.32. The number of carbonyl (C=O) groups is 3. The van der Waals surface area contributed by atoms with E-state index in [2.05, 4.69) is 28.9 Å². The SMILES string of the molecule is C=CCN1CC(=O)N2[C@@H](Cc3ccc(OSN)cc3)C(=O)N(Cc3cccc(N4CCCC4)c3)C[C@@H]2N1C(=O)NCc1ccccc1.O.O. The number of hydrogen-bond donors (Lipinski definition) is 2. The van der Waals surface area contributed by atoms with Crippen molar-refractivity contribution < 1.29 is 29.5 Å². The van der Waals surface area contributed by atoms with Crippen LogP contribution in [0.3, 0.4) is 0 Å². The minimum Gasteiger partial charge on any atom is -0.412 e. The molecule has 13 nitrogen and oxygen atoms in total. The number of carbonyl (C=O) groups excluding carboxylic acids is 3. The average Bonchev–Trinajstić information content (AvgIpc) is 3.63. The topological polar surface area (TPSA) is 178 Å². The highest BCUT2D eigenvalue weighted by molar-refractivity contribution is 7.92. The van der Waals surface area contributed by atoms with Gasteiger partial charge >= 0.3 is 6.03 Å². The standard InChI is InChI=1S/C35H41N7O4S.2H2O/c1-2-17-40-25-33(43)41-31(21-26-13-15-30(16-14-26)46-47-36)34(44)39(23-28-11-8-12-29(20-28)38-18-6-7-19-38)24-32(41)42(40)35(45)37-22-27-9-4-3-5-10-27;;/h2-5,8-16,20,31-32H,1,6-7,17-19,21-25,36H2,(H,37,45);2*1H2/t31-,32-;;/m0../s1. The molecule has 14 heteroatoms. The number of urea groups is 1. The Morgan fingerprint density at radius 2 is 1.67 bits per heavy atom. The average molecular weight is 692 g/mol. The van der Waals surface area contributed by atoms with Gasteiger partial charge in [-0.2, -0.15) is 0 Å². The van der Waals surface area contributed by atoms with E-state index in [1.54, 1.807) is 38.0 Å². The number of piperazine rings is 1. The highest BCUT2D eigenvalue weighted by Crippen LogP contribution is 2.30. The third-order valence-electron chi connectivity index (χ3n) is 8.92. The summed E-state index contributed by atoms with van der Waals surface area (Å²) >= 11 is 0.760. The number of amides is 4. The summed E-state index contributed by atoms with van der Waals surface area (Å²) in [5.41, 5.74) is 3.96. The zero-order valence-electron chi connectivity index (χ0n) is 27.4. The lowest BCUT2D eigenvalue weighted by molar-refractivity contribution is -0.189. The van der Waals surface area contributed by atoms with E-state index in [-0.39, 0.29) is 48.3 Å². The van der Waals surface area contributed by atoms with Crippen molar-refractivity contribution in [3.63, 3.8) is 0 Å². The van der Waals surface area contributed by atoms with Crippen molar-refractivity contribution in [1.29, 1.82) is 0 Å². The molecule has 3 saturated heterocycles. The monoisotopic (exact) mass is 691 g/mol. The van der Waals surface area contributed by atoms with Crippen molar-refractivity contribution >= 4 is 35.8 Å². The lowest BCUT2D eigenvalue weighted by atomic mass is 9.98. The summed E-state index contributed by atoms with van der Waals surface area (Å²) in [6, 6.07) is 24.2. The Morgan fingerprint density at radius 3 is 2.37 bits per heavy atom. The van der Waals surface area contributed by atoms with E-state index in [0.29, 0.717) is 25.4 Å². The molecule has 3 fully saturated rings.